The lowest BCUT2D eigenvalue weighted by molar-refractivity contribution is -0.384. The van der Waals surface area contributed by atoms with Gasteiger partial charge in [0, 0.05) is 17.5 Å². The van der Waals surface area contributed by atoms with Crippen molar-refractivity contribution in [2.45, 2.75) is 6.61 Å². The van der Waals surface area contributed by atoms with Crippen LogP contribution in [0, 0.1) is 10.1 Å². The second-order valence-corrected chi connectivity index (χ2v) is 9.48. The molecule has 1 heterocycles. The second kappa shape index (κ2) is 9.69. The van der Waals surface area contributed by atoms with Crippen LogP contribution < -0.4 is 9.64 Å². The summed E-state index contributed by atoms with van der Waals surface area (Å²) in [5.74, 6) is 0.468. The van der Waals surface area contributed by atoms with Gasteiger partial charge in [0.1, 0.15) is 12.4 Å². The van der Waals surface area contributed by atoms with E-state index in [2.05, 4.69) is 0 Å². The first-order valence-electron chi connectivity index (χ1n) is 10.7. The lowest BCUT2D eigenvalue weighted by Gasteiger charge is -2.17. The number of rotatable bonds is 6. The molecule has 6 nitrogen and oxygen atoms in total. The number of thioether (sulfide) groups is 1. The van der Waals surface area contributed by atoms with Crippen molar-refractivity contribution in [2.75, 3.05) is 4.90 Å². The zero-order chi connectivity index (χ0) is 24.4. The van der Waals surface area contributed by atoms with Crippen LogP contribution in [0.15, 0.2) is 95.9 Å². The average molecular weight is 499 g/mol. The van der Waals surface area contributed by atoms with Gasteiger partial charge in [-0.05, 0) is 52.9 Å². The van der Waals surface area contributed by atoms with Gasteiger partial charge in [0.15, 0.2) is 4.32 Å². The average Bonchev–Trinajstić information content (AvgIpc) is 3.15. The number of carbonyl (C=O) groups excluding carboxylic acids is 1. The number of hydrogen-bond acceptors (Lipinski definition) is 6. The van der Waals surface area contributed by atoms with Crippen molar-refractivity contribution in [3.8, 4) is 5.75 Å². The summed E-state index contributed by atoms with van der Waals surface area (Å²) in [7, 11) is 0. The van der Waals surface area contributed by atoms with Gasteiger partial charge in [-0.15, -0.1) is 0 Å². The van der Waals surface area contributed by atoms with E-state index in [1.165, 1.54) is 23.9 Å². The number of hydrogen-bond donors (Lipinski definition) is 0. The number of nitro groups is 1. The highest BCUT2D eigenvalue weighted by molar-refractivity contribution is 8.27. The molecule has 0 unspecified atom stereocenters. The lowest BCUT2D eigenvalue weighted by Crippen LogP contribution is -2.27. The Morgan fingerprint density at radius 2 is 1.71 bits per heavy atom. The summed E-state index contributed by atoms with van der Waals surface area (Å²) in [5, 5.41) is 12.8. The van der Waals surface area contributed by atoms with Crippen molar-refractivity contribution < 1.29 is 14.5 Å². The first-order chi connectivity index (χ1) is 17.0. The van der Waals surface area contributed by atoms with E-state index in [0.717, 1.165) is 27.6 Å². The minimum Gasteiger partial charge on any atom is -0.489 e. The topological polar surface area (TPSA) is 72.7 Å². The molecule has 4 aromatic rings. The van der Waals surface area contributed by atoms with E-state index in [0.29, 0.717) is 15.0 Å². The third kappa shape index (κ3) is 4.80. The molecule has 172 valence electrons. The Morgan fingerprint density at radius 3 is 2.51 bits per heavy atom. The molecule has 1 fully saturated rings. The molecule has 1 aliphatic rings. The Balaban J connectivity index is 1.34. The van der Waals surface area contributed by atoms with Crippen LogP contribution in [0.4, 0.5) is 11.4 Å². The largest absolute Gasteiger partial charge is 0.489 e. The fourth-order valence-corrected chi connectivity index (χ4v) is 5.09. The Morgan fingerprint density at radius 1 is 0.971 bits per heavy atom. The Bertz CT molecular complexity index is 1490. The zero-order valence-electron chi connectivity index (χ0n) is 18.3. The molecule has 0 radical (unpaired) electrons. The normalized spacial score (nSPS) is 14.6. The van der Waals surface area contributed by atoms with Crippen LogP contribution in [0.3, 0.4) is 0 Å². The predicted octanol–water partition coefficient (Wildman–Crippen LogP) is 6.73. The molecule has 0 atom stereocenters. The summed E-state index contributed by atoms with van der Waals surface area (Å²) in [6.07, 6.45) is 1.81. The van der Waals surface area contributed by atoms with Gasteiger partial charge in [-0.3, -0.25) is 19.8 Å². The second-order valence-electron chi connectivity index (χ2n) is 7.80. The van der Waals surface area contributed by atoms with Gasteiger partial charge in [0.25, 0.3) is 11.6 Å². The molecule has 0 aromatic heterocycles. The standard InChI is InChI=1S/C27H18N2O4S2/c30-26-25(35-27(34)28(26)24-10-4-7-20-6-1-2-9-23(20)24)16-19-5-3-8-22(15-19)33-17-18-11-13-21(14-12-18)29(31)32/h1-16H,17H2/b25-16-. The minimum atomic E-state index is -0.434. The predicted molar refractivity (Wildman–Crippen MR) is 143 cm³/mol. The van der Waals surface area contributed by atoms with Gasteiger partial charge < -0.3 is 4.74 Å². The summed E-state index contributed by atoms with van der Waals surface area (Å²) in [4.78, 5) is 25.8. The van der Waals surface area contributed by atoms with Crippen LogP contribution in [0.25, 0.3) is 16.8 Å². The molecular weight excluding hydrogens is 480 g/mol. The summed E-state index contributed by atoms with van der Waals surface area (Å²) >= 11 is 6.84. The number of benzene rings is 4. The number of nitro benzene ring substituents is 1. The van der Waals surface area contributed by atoms with E-state index < -0.39 is 4.92 Å². The van der Waals surface area contributed by atoms with Gasteiger partial charge in [0.2, 0.25) is 0 Å². The fourth-order valence-electron chi connectivity index (χ4n) is 3.80. The number of amides is 1. The molecular formula is C27H18N2O4S2. The van der Waals surface area contributed by atoms with E-state index in [-0.39, 0.29) is 18.2 Å². The lowest BCUT2D eigenvalue weighted by atomic mass is 10.1. The molecule has 35 heavy (non-hydrogen) atoms. The molecule has 1 saturated heterocycles. The highest BCUT2D eigenvalue weighted by atomic mass is 32.2. The maximum atomic E-state index is 13.3. The molecule has 1 amide bonds. The molecule has 8 heteroatoms. The molecule has 4 aromatic carbocycles. The van der Waals surface area contributed by atoms with Crippen LogP contribution >= 0.6 is 24.0 Å². The summed E-state index contributed by atoms with van der Waals surface area (Å²) in [6, 6.07) is 27.4. The zero-order valence-corrected chi connectivity index (χ0v) is 19.9. The highest BCUT2D eigenvalue weighted by Gasteiger charge is 2.34. The van der Waals surface area contributed by atoms with E-state index in [1.54, 1.807) is 17.0 Å². The third-order valence-electron chi connectivity index (χ3n) is 5.51. The number of fused-ring (bicyclic) bond motifs is 1. The van der Waals surface area contributed by atoms with Crippen LogP contribution in [0.2, 0.25) is 0 Å². The van der Waals surface area contributed by atoms with E-state index in [4.69, 9.17) is 17.0 Å². The third-order valence-corrected chi connectivity index (χ3v) is 6.81. The molecule has 0 bridgehead atoms. The van der Waals surface area contributed by atoms with Gasteiger partial charge >= 0.3 is 0 Å². The maximum Gasteiger partial charge on any atom is 0.270 e. The Kier molecular flexibility index (Phi) is 6.31. The van der Waals surface area contributed by atoms with Gasteiger partial charge in [0.05, 0.1) is 15.5 Å². The monoisotopic (exact) mass is 498 g/mol. The minimum absolute atomic E-state index is 0.0385. The van der Waals surface area contributed by atoms with E-state index in [9.17, 15) is 14.9 Å². The van der Waals surface area contributed by atoms with Crippen LogP contribution in [0.1, 0.15) is 11.1 Å². The van der Waals surface area contributed by atoms with Crippen LogP contribution in [0.5, 0.6) is 5.75 Å². The van der Waals surface area contributed by atoms with Crippen molar-refractivity contribution in [3.63, 3.8) is 0 Å². The molecule has 1 aliphatic heterocycles. The van der Waals surface area contributed by atoms with E-state index >= 15 is 0 Å². The van der Waals surface area contributed by atoms with Crippen LogP contribution in [-0.2, 0) is 11.4 Å². The fraction of sp³-hybridized carbons (Fsp3) is 0.0370. The number of nitrogens with zero attached hydrogens (tertiary/aromatic N) is 2. The van der Waals surface area contributed by atoms with Crippen LogP contribution in [-0.4, -0.2) is 15.2 Å². The molecule has 5 rings (SSSR count). The number of ether oxygens (including phenoxy) is 1. The molecule has 0 saturated carbocycles. The first kappa shape index (κ1) is 22.8. The smallest absolute Gasteiger partial charge is 0.270 e. The van der Waals surface area contributed by atoms with Crippen molar-refractivity contribution >= 4 is 62.4 Å². The summed E-state index contributed by atoms with van der Waals surface area (Å²) in [5.41, 5.74) is 2.44. The number of carbonyl (C=O) groups is 1. The molecule has 0 spiro atoms. The van der Waals surface area contributed by atoms with Crippen molar-refractivity contribution in [3.05, 3.63) is 117 Å². The molecule has 0 aliphatic carbocycles. The van der Waals surface area contributed by atoms with E-state index in [1.807, 2.05) is 72.8 Å². The SMILES string of the molecule is O=C1/C(=C/c2cccc(OCc3ccc([N+](=O)[O-])cc3)c2)SC(=S)N1c1cccc2ccccc12. The van der Waals surface area contributed by atoms with Gasteiger partial charge in [-0.2, -0.15) is 0 Å². The quantitative estimate of drug-likeness (QED) is 0.127. The summed E-state index contributed by atoms with van der Waals surface area (Å²) in [6.45, 7) is 0.268. The Labute approximate surface area is 211 Å². The van der Waals surface area contributed by atoms with Crippen molar-refractivity contribution in [2.24, 2.45) is 0 Å². The summed E-state index contributed by atoms with van der Waals surface area (Å²) < 4.78 is 6.35. The first-order valence-corrected chi connectivity index (χ1v) is 11.9. The number of anilines is 1. The number of non-ortho nitro benzene ring substituents is 1. The van der Waals surface area contributed by atoms with Crippen molar-refractivity contribution in [1.29, 1.82) is 0 Å². The Hall–Kier alpha value is -4.01. The number of thiocarbonyl (C=S) groups is 1. The van der Waals surface area contributed by atoms with Crippen molar-refractivity contribution in [1.82, 2.24) is 0 Å². The molecule has 0 N–H and O–H groups in total. The van der Waals surface area contributed by atoms with Gasteiger partial charge in [-0.25, -0.2) is 0 Å². The van der Waals surface area contributed by atoms with Gasteiger partial charge in [-0.1, -0.05) is 72.5 Å². The maximum absolute atomic E-state index is 13.3. The highest BCUT2D eigenvalue weighted by Crippen LogP contribution is 2.39.